The monoisotopic (exact) mass is 366 g/mol. The average molecular weight is 366 g/mol. The molecule has 142 valence electrons. The summed E-state index contributed by atoms with van der Waals surface area (Å²) >= 11 is 0. The van der Waals surface area contributed by atoms with Gasteiger partial charge in [0.1, 0.15) is 5.54 Å². The fourth-order valence-electron chi connectivity index (χ4n) is 2.96. The smallest absolute Gasteiger partial charge is 0.329 e. The summed E-state index contributed by atoms with van der Waals surface area (Å²) in [6.07, 6.45) is 2.22. The summed E-state index contributed by atoms with van der Waals surface area (Å²) in [4.78, 5) is 35.2. The molecule has 0 aromatic heterocycles. The van der Waals surface area contributed by atoms with Gasteiger partial charge in [-0.3, -0.25) is 9.59 Å². The molecule has 0 aliphatic heterocycles. The predicted octanol–water partition coefficient (Wildman–Crippen LogP) is 0.695. The molecule has 9 heteroatoms. The summed E-state index contributed by atoms with van der Waals surface area (Å²) in [6, 6.07) is 2.78. The van der Waals surface area contributed by atoms with Crippen LogP contribution in [0.3, 0.4) is 0 Å². The summed E-state index contributed by atoms with van der Waals surface area (Å²) < 4.78 is 15.7. The van der Waals surface area contributed by atoms with Crippen LogP contribution in [0.5, 0.6) is 17.2 Å². The molecular formula is C17H22N2O7. The number of rotatable bonds is 8. The number of primary amides is 1. The molecular weight excluding hydrogens is 344 g/mol. The van der Waals surface area contributed by atoms with Gasteiger partial charge in [-0.25, -0.2) is 4.79 Å². The van der Waals surface area contributed by atoms with Crippen LogP contribution in [-0.2, 0) is 9.59 Å². The fourth-order valence-corrected chi connectivity index (χ4v) is 2.96. The zero-order valence-corrected chi connectivity index (χ0v) is 14.7. The van der Waals surface area contributed by atoms with Crippen molar-refractivity contribution >= 4 is 17.8 Å². The van der Waals surface area contributed by atoms with E-state index in [2.05, 4.69) is 5.32 Å². The van der Waals surface area contributed by atoms with E-state index >= 15 is 0 Å². The van der Waals surface area contributed by atoms with E-state index in [9.17, 15) is 19.5 Å². The lowest BCUT2D eigenvalue weighted by Crippen LogP contribution is -2.52. The highest BCUT2D eigenvalue weighted by Gasteiger charge is 2.42. The van der Waals surface area contributed by atoms with E-state index in [4.69, 9.17) is 19.9 Å². The molecule has 1 saturated carbocycles. The first-order valence-electron chi connectivity index (χ1n) is 8.06. The maximum atomic E-state index is 12.6. The normalized spacial score (nSPS) is 15.2. The number of amides is 2. The van der Waals surface area contributed by atoms with Gasteiger partial charge < -0.3 is 30.4 Å². The van der Waals surface area contributed by atoms with Gasteiger partial charge in [-0.2, -0.15) is 0 Å². The van der Waals surface area contributed by atoms with Crippen LogP contribution in [-0.4, -0.2) is 49.3 Å². The Morgan fingerprint density at radius 2 is 1.69 bits per heavy atom. The van der Waals surface area contributed by atoms with Gasteiger partial charge >= 0.3 is 5.97 Å². The largest absolute Gasteiger partial charge is 0.493 e. The number of hydrogen-bond acceptors (Lipinski definition) is 6. The summed E-state index contributed by atoms with van der Waals surface area (Å²) in [7, 11) is 2.73. The minimum Gasteiger partial charge on any atom is -0.493 e. The van der Waals surface area contributed by atoms with E-state index in [0.717, 1.165) is 12.8 Å². The third-order valence-electron chi connectivity index (χ3n) is 4.30. The topological polar surface area (TPSA) is 137 Å². The van der Waals surface area contributed by atoms with Crippen molar-refractivity contribution in [3.8, 4) is 17.2 Å². The second-order valence-corrected chi connectivity index (χ2v) is 6.01. The molecule has 1 aromatic rings. The molecule has 2 rings (SSSR count). The molecule has 0 spiro atoms. The number of carboxylic acid groups (broad SMARTS) is 1. The molecule has 1 aromatic carbocycles. The molecule has 1 aliphatic carbocycles. The molecule has 0 heterocycles. The first-order valence-corrected chi connectivity index (χ1v) is 8.06. The zero-order valence-electron chi connectivity index (χ0n) is 14.7. The molecule has 0 saturated heterocycles. The second kappa shape index (κ2) is 7.94. The van der Waals surface area contributed by atoms with Crippen LogP contribution < -0.4 is 25.3 Å². The van der Waals surface area contributed by atoms with E-state index < -0.39 is 23.3 Å². The van der Waals surface area contributed by atoms with Crippen LogP contribution in [0.4, 0.5) is 0 Å². The Kier molecular flexibility index (Phi) is 5.91. The number of nitrogens with one attached hydrogen (secondary N) is 1. The summed E-state index contributed by atoms with van der Waals surface area (Å²) in [6.45, 7) is -0.389. The average Bonchev–Trinajstić information content (AvgIpc) is 3.08. The Bertz CT molecular complexity index is 686. The van der Waals surface area contributed by atoms with Gasteiger partial charge in [0, 0.05) is 5.56 Å². The lowest BCUT2D eigenvalue weighted by molar-refractivity contribution is -0.144. The third kappa shape index (κ3) is 3.98. The van der Waals surface area contributed by atoms with Gasteiger partial charge in [0.2, 0.25) is 5.75 Å². The number of benzene rings is 1. The molecule has 0 bridgehead atoms. The first kappa shape index (κ1) is 19.4. The van der Waals surface area contributed by atoms with Gasteiger partial charge in [0.05, 0.1) is 14.2 Å². The maximum Gasteiger partial charge on any atom is 0.329 e. The Morgan fingerprint density at radius 3 is 2.12 bits per heavy atom. The van der Waals surface area contributed by atoms with E-state index in [1.165, 1.54) is 26.4 Å². The molecule has 9 nitrogen and oxygen atoms in total. The number of carboxylic acids is 1. The quantitative estimate of drug-likeness (QED) is 0.615. The minimum atomic E-state index is -1.27. The Morgan fingerprint density at radius 1 is 1.15 bits per heavy atom. The molecule has 1 aliphatic rings. The number of methoxy groups -OCH3 is 2. The molecule has 0 unspecified atom stereocenters. The third-order valence-corrected chi connectivity index (χ3v) is 4.30. The zero-order chi connectivity index (χ0) is 19.3. The second-order valence-electron chi connectivity index (χ2n) is 6.01. The predicted molar refractivity (Wildman–Crippen MR) is 90.5 cm³/mol. The summed E-state index contributed by atoms with van der Waals surface area (Å²) in [5, 5.41) is 12.1. The number of aliphatic carboxylic acids is 1. The van der Waals surface area contributed by atoms with E-state index in [-0.39, 0.29) is 29.4 Å². The van der Waals surface area contributed by atoms with Crippen molar-refractivity contribution in [3.63, 3.8) is 0 Å². The number of carbonyl (C=O) groups excluding carboxylic acids is 2. The van der Waals surface area contributed by atoms with E-state index in [0.29, 0.717) is 12.8 Å². The lowest BCUT2D eigenvalue weighted by atomic mass is 9.97. The van der Waals surface area contributed by atoms with Crippen molar-refractivity contribution < 1.29 is 33.7 Å². The Labute approximate surface area is 150 Å². The van der Waals surface area contributed by atoms with Crippen LogP contribution in [0.15, 0.2) is 12.1 Å². The number of hydrogen-bond donors (Lipinski definition) is 3. The highest BCUT2D eigenvalue weighted by Crippen LogP contribution is 2.39. The molecule has 4 N–H and O–H groups in total. The van der Waals surface area contributed by atoms with Crippen LogP contribution in [0.1, 0.15) is 36.0 Å². The standard InChI is InChI=1S/C17H22N2O7/c1-24-11-7-10(8-12(25-2)14(11)26-9-13(18)20)15(21)19-17(16(22)23)5-3-4-6-17/h7-8H,3-6,9H2,1-2H3,(H2,18,20)(H,19,21)(H,22,23). The van der Waals surface area contributed by atoms with Crippen molar-refractivity contribution in [2.75, 3.05) is 20.8 Å². The minimum absolute atomic E-state index is 0.124. The molecule has 26 heavy (non-hydrogen) atoms. The van der Waals surface area contributed by atoms with Gasteiger partial charge in [0.15, 0.2) is 18.1 Å². The first-order chi connectivity index (χ1) is 12.3. The number of ether oxygens (including phenoxy) is 3. The van der Waals surface area contributed by atoms with Gasteiger partial charge in [-0.1, -0.05) is 12.8 Å². The van der Waals surface area contributed by atoms with Crippen molar-refractivity contribution in [3.05, 3.63) is 17.7 Å². The van der Waals surface area contributed by atoms with Crippen molar-refractivity contribution in [2.24, 2.45) is 5.73 Å². The van der Waals surface area contributed by atoms with Crippen LogP contribution in [0.2, 0.25) is 0 Å². The SMILES string of the molecule is COc1cc(C(=O)NC2(C(=O)O)CCCC2)cc(OC)c1OCC(N)=O. The molecule has 2 amide bonds. The van der Waals surface area contributed by atoms with Crippen molar-refractivity contribution in [1.82, 2.24) is 5.32 Å². The molecule has 1 fully saturated rings. The van der Waals surface area contributed by atoms with E-state index in [1.807, 2.05) is 0 Å². The van der Waals surface area contributed by atoms with Crippen LogP contribution >= 0.6 is 0 Å². The van der Waals surface area contributed by atoms with Crippen molar-refractivity contribution in [1.29, 1.82) is 0 Å². The molecule has 0 atom stereocenters. The summed E-state index contributed by atoms with van der Waals surface area (Å²) in [5.41, 5.74) is 3.96. The summed E-state index contributed by atoms with van der Waals surface area (Å²) in [5.74, 6) is -1.85. The lowest BCUT2D eigenvalue weighted by Gasteiger charge is -2.25. The number of carbonyl (C=O) groups is 3. The highest BCUT2D eigenvalue weighted by atomic mass is 16.5. The van der Waals surface area contributed by atoms with E-state index in [1.54, 1.807) is 0 Å². The van der Waals surface area contributed by atoms with Crippen LogP contribution in [0, 0.1) is 0 Å². The number of nitrogens with two attached hydrogens (primary N) is 1. The van der Waals surface area contributed by atoms with Gasteiger partial charge in [-0.15, -0.1) is 0 Å². The van der Waals surface area contributed by atoms with Crippen molar-refractivity contribution in [2.45, 2.75) is 31.2 Å². The van der Waals surface area contributed by atoms with Gasteiger partial charge in [-0.05, 0) is 25.0 Å². The maximum absolute atomic E-state index is 12.6. The fraction of sp³-hybridized carbons (Fsp3) is 0.471. The van der Waals surface area contributed by atoms with Gasteiger partial charge in [0.25, 0.3) is 11.8 Å². The molecule has 0 radical (unpaired) electrons. The van der Waals surface area contributed by atoms with Crippen LogP contribution in [0.25, 0.3) is 0 Å². The Balaban J connectivity index is 2.32. The Hall–Kier alpha value is -2.97. The highest BCUT2D eigenvalue weighted by molar-refractivity contribution is 5.99.